The summed E-state index contributed by atoms with van der Waals surface area (Å²) in [5, 5.41) is 0. The minimum Gasteiger partial charge on any atom is -0.323 e. The second kappa shape index (κ2) is 5.58. The molecule has 3 rings (SSSR count). The Bertz CT molecular complexity index is 742. The number of hydrogen-bond donors (Lipinski definition) is 0. The molecular weight excluding hydrogens is 288 g/mol. The normalized spacial score (nSPS) is 11.3. The van der Waals surface area contributed by atoms with E-state index in [0.717, 1.165) is 24.3 Å². The number of aromatic nitrogens is 2. The van der Waals surface area contributed by atoms with Crippen LogP contribution in [0.2, 0.25) is 0 Å². The molecule has 0 saturated carbocycles. The number of rotatable bonds is 4. The third kappa shape index (κ3) is 2.48. The smallest absolute Gasteiger partial charge is 0.111 e. The second-order valence-electron chi connectivity index (χ2n) is 5.01. The summed E-state index contributed by atoms with van der Waals surface area (Å²) < 4.78 is 2.30. The van der Waals surface area contributed by atoms with Crippen LogP contribution in [0.25, 0.3) is 11.0 Å². The second-order valence-corrected chi connectivity index (χ2v) is 6.76. The van der Waals surface area contributed by atoms with Crippen LogP contribution < -0.4 is 0 Å². The molecule has 0 spiro atoms. The van der Waals surface area contributed by atoms with Crippen LogP contribution in [0.5, 0.6) is 0 Å². The summed E-state index contributed by atoms with van der Waals surface area (Å²) in [4.78, 5) is 7.50. The van der Waals surface area contributed by atoms with Crippen LogP contribution in [-0.2, 0) is 13.0 Å². The summed E-state index contributed by atoms with van der Waals surface area (Å²) in [7, 11) is 0. The zero-order valence-corrected chi connectivity index (χ0v) is 13.3. The lowest BCUT2D eigenvalue weighted by Crippen LogP contribution is -2.04. The Labute approximate surface area is 128 Å². The number of aryl methyl sites for hydroxylation is 3. The van der Waals surface area contributed by atoms with Crippen molar-refractivity contribution in [3.05, 3.63) is 51.5 Å². The van der Waals surface area contributed by atoms with E-state index in [4.69, 9.17) is 16.6 Å². The van der Waals surface area contributed by atoms with Gasteiger partial charge in [0.05, 0.1) is 17.6 Å². The van der Waals surface area contributed by atoms with Gasteiger partial charge in [-0.2, -0.15) is 0 Å². The van der Waals surface area contributed by atoms with Crippen LogP contribution in [0.3, 0.4) is 0 Å². The Balaban J connectivity index is 2.11. The predicted molar refractivity (Wildman–Crippen MR) is 87.1 cm³/mol. The maximum atomic E-state index is 5.93. The lowest BCUT2D eigenvalue weighted by atomic mass is 10.2. The summed E-state index contributed by atoms with van der Waals surface area (Å²) in [6.07, 6.45) is 0.806. The lowest BCUT2D eigenvalue weighted by molar-refractivity contribution is 0.763. The van der Waals surface area contributed by atoms with Crippen molar-refractivity contribution >= 4 is 34.0 Å². The number of halogens is 1. The molecule has 0 aliphatic heterocycles. The quantitative estimate of drug-likeness (QED) is 0.647. The molecule has 20 heavy (non-hydrogen) atoms. The van der Waals surface area contributed by atoms with Gasteiger partial charge in [0.1, 0.15) is 5.82 Å². The number of fused-ring (bicyclic) bond motifs is 1. The van der Waals surface area contributed by atoms with E-state index in [1.807, 2.05) is 11.3 Å². The van der Waals surface area contributed by atoms with Gasteiger partial charge in [-0.1, -0.05) is 12.1 Å². The van der Waals surface area contributed by atoms with E-state index in [-0.39, 0.29) is 0 Å². The van der Waals surface area contributed by atoms with Crippen molar-refractivity contribution < 1.29 is 0 Å². The van der Waals surface area contributed by atoms with E-state index in [1.54, 1.807) is 0 Å². The molecule has 104 valence electrons. The molecule has 0 radical (unpaired) electrons. The summed E-state index contributed by atoms with van der Waals surface area (Å²) in [5.74, 6) is 1.68. The molecule has 2 nitrogen and oxygen atoms in total. The van der Waals surface area contributed by atoms with Crippen molar-refractivity contribution in [1.82, 2.24) is 9.55 Å². The first-order valence-electron chi connectivity index (χ1n) is 6.75. The Morgan fingerprint density at radius 2 is 2.05 bits per heavy atom. The summed E-state index contributed by atoms with van der Waals surface area (Å²) in [5.41, 5.74) is 3.52. The number of alkyl halides is 1. The maximum absolute atomic E-state index is 5.93. The van der Waals surface area contributed by atoms with Gasteiger partial charge in [-0.3, -0.25) is 0 Å². The lowest BCUT2D eigenvalue weighted by Gasteiger charge is -2.07. The Morgan fingerprint density at radius 1 is 1.20 bits per heavy atom. The molecule has 4 heteroatoms. The fourth-order valence-electron chi connectivity index (χ4n) is 2.51. The Hall–Kier alpha value is -1.32. The largest absolute Gasteiger partial charge is 0.323 e. The van der Waals surface area contributed by atoms with Crippen LogP contribution in [-0.4, -0.2) is 15.4 Å². The predicted octanol–water partition coefficient (Wildman–Crippen LogP) is 4.54. The van der Waals surface area contributed by atoms with Gasteiger partial charge in [0.15, 0.2) is 0 Å². The standard InChI is InChI=1S/C16H17ClN2S/c1-11-4-3-5-14-16(11)18-15(8-9-17)19(14)10-13-7-6-12(2)20-13/h3-7H,8-10H2,1-2H3. The zero-order valence-electron chi connectivity index (χ0n) is 11.7. The monoisotopic (exact) mass is 304 g/mol. The van der Waals surface area contributed by atoms with Crippen molar-refractivity contribution in [3.8, 4) is 0 Å². The third-order valence-corrected chi connectivity index (χ3v) is 4.66. The summed E-state index contributed by atoms with van der Waals surface area (Å²) in [6.45, 7) is 5.13. The van der Waals surface area contributed by atoms with Gasteiger partial charge in [-0.15, -0.1) is 22.9 Å². The highest BCUT2D eigenvalue weighted by atomic mass is 35.5. The van der Waals surface area contributed by atoms with Crippen molar-refractivity contribution in [2.45, 2.75) is 26.8 Å². The van der Waals surface area contributed by atoms with Crippen molar-refractivity contribution in [1.29, 1.82) is 0 Å². The molecule has 0 bridgehead atoms. The Kier molecular flexibility index (Phi) is 3.81. The van der Waals surface area contributed by atoms with Gasteiger partial charge in [-0.25, -0.2) is 4.98 Å². The van der Waals surface area contributed by atoms with Crippen molar-refractivity contribution in [3.63, 3.8) is 0 Å². The minimum absolute atomic E-state index is 0.603. The van der Waals surface area contributed by atoms with Crippen LogP contribution >= 0.6 is 22.9 Å². The molecule has 2 heterocycles. The molecule has 0 fully saturated rings. The highest BCUT2D eigenvalue weighted by molar-refractivity contribution is 7.11. The van der Waals surface area contributed by atoms with Gasteiger partial charge >= 0.3 is 0 Å². The fraction of sp³-hybridized carbons (Fsp3) is 0.312. The van der Waals surface area contributed by atoms with E-state index >= 15 is 0 Å². The number of para-hydroxylation sites is 1. The number of imidazole rings is 1. The van der Waals surface area contributed by atoms with E-state index in [9.17, 15) is 0 Å². The molecule has 0 saturated heterocycles. The highest BCUT2D eigenvalue weighted by Crippen LogP contribution is 2.24. The maximum Gasteiger partial charge on any atom is 0.111 e. The van der Waals surface area contributed by atoms with Crippen LogP contribution in [0.1, 0.15) is 21.1 Å². The first kappa shape index (κ1) is 13.7. The molecule has 0 aliphatic carbocycles. The molecule has 0 aliphatic rings. The first-order valence-corrected chi connectivity index (χ1v) is 8.10. The molecule has 0 N–H and O–H groups in total. The molecule has 0 amide bonds. The SMILES string of the molecule is Cc1ccc(Cn2c(CCCl)nc3c(C)cccc32)s1. The number of nitrogens with zero attached hydrogens (tertiary/aromatic N) is 2. The van der Waals surface area contributed by atoms with Gasteiger partial charge in [0, 0.05) is 22.1 Å². The molecule has 3 aromatic rings. The van der Waals surface area contributed by atoms with Crippen molar-refractivity contribution in [2.24, 2.45) is 0 Å². The molecule has 2 aromatic heterocycles. The number of benzene rings is 1. The fourth-order valence-corrected chi connectivity index (χ4v) is 3.56. The average Bonchev–Trinajstić information content (AvgIpc) is 2.97. The van der Waals surface area contributed by atoms with Gasteiger partial charge in [0.25, 0.3) is 0 Å². The van der Waals surface area contributed by atoms with Crippen molar-refractivity contribution in [2.75, 3.05) is 5.88 Å². The minimum atomic E-state index is 0.603. The summed E-state index contributed by atoms with van der Waals surface area (Å²) >= 11 is 7.78. The van der Waals surface area contributed by atoms with E-state index < -0.39 is 0 Å². The zero-order chi connectivity index (χ0) is 14.1. The Morgan fingerprint density at radius 3 is 2.75 bits per heavy atom. The van der Waals surface area contributed by atoms with Crippen LogP contribution in [0.4, 0.5) is 0 Å². The molecule has 1 aromatic carbocycles. The van der Waals surface area contributed by atoms with Gasteiger partial charge in [0.2, 0.25) is 0 Å². The number of thiophene rings is 1. The van der Waals surface area contributed by atoms with E-state index in [2.05, 4.69) is 48.7 Å². The molecule has 0 unspecified atom stereocenters. The van der Waals surface area contributed by atoms with E-state index in [0.29, 0.717) is 5.88 Å². The van der Waals surface area contributed by atoms with Crippen LogP contribution in [0, 0.1) is 13.8 Å². The first-order chi connectivity index (χ1) is 9.69. The topological polar surface area (TPSA) is 17.8 Å². The highest BCUT2D eigenvalue weighted by Gasteiger charge is 2.12. The summed E-state index contributed by atoms with van der Waals surface area (Å²) in [6, 6.07) is 10.7. The molecular formula is C16H17ClN2S. The number of hydrogen-bond acceptors (Lipinski definition) is 2. The van der Waals surface area contributed by atoms with Gasteiger partial charge in [-0.05, 0) is 37.6 Å². The third-order valence-electron chi connectivity index (χ3n) is 3.49. The van der Waals surface area contributed by atoms with Crippen LogP contribution in [0.15, 0.2) is 30.3 Å². The van der Waals surface area contributed by atoms with E-state index in [1.165, 1.54) is 20.8 Å². The average molecular weight is 305 g/mol. The molecule has 0 atom stereocenters. The van der Waals surface area contributed by atoms with Gasteiger partial charge < -0.3 is 4.57 Å².